The van der Waals surface area contributed by atoms with Gasteiger partial charge in [-0.05, 0) is 12.5 Å². The van der Waals surface area contributed by atoms with Crippen LogP contribution in [-0.4, -0.2) is 35.4 Å². The van der Waals surface area contributed by atoms with E-state index in [4.69, 9.17) is 4.74 Å². The van der Waals surface area contributed by atoms with Gasteiger partial charge < -0.3 is 10.1 Å². The first-order valence-electron chi connectivity index (χ1n) is 5.11. The van der Waals surface area contributed by atoms with Crippen LogP contribution in [0.3, 0.4) is 0 Å². The Balaban J connectivity index is 2.09. The monoisotopic (exact) mass is 209 g/mol. The van der Waals surface area contributed by atoms with Crippen LogP contribution in [0.5, 0.6) is 0 Å². The lowest BCUT2D eigenvalue weighted by Crippen LogP contribution is -2.42. The molecule has 1 aromatic heterocycles. The maximum atomic E-state index is 11.4. The minimum atomic E-state index is -0.213. The number of aryl methyl sites for hydroxylation is 1. The molecule has 1 aromatic rings. The Morgan fingerprint density at radius 2 is 2.60 bits per heavy atom. The van der Waals surface area contributed by atoms with Gasteiger partial charge in [0.05, 0.1) is 19.3 Å². The number of nitrogens with one attached hydrogen (secondary N) is 1. The average molecular weight is 209 g/mol. The van der Waals surface area contributed by atoms with Gasteiger partial charge in [-0.2, -0.15) is 0 Å². The van der Waals surface area contributed by atoms with Crippen molar-refractivity contribution in [3.05, 3.63) is 28.4 Å². The lowest BCUT2D eigenvalue weighted by Gasteiger charge is -2.24. The highest BCUT2D eigenvalue weighted by Crippen LogP contribution is 1.99. The average Bonchev–Trinajstić information content (AvgIpc) is 2.25. The first-order valence-corrected chi connectivity index (χ1v) is 5.11. The van der Waals surface area contributed by atoms with Gasteiger partial charge in [0.15, 0.2) is 0 Å². The second-order valence-corrected chi connectivity index (χ2v) is 3.76. The van der Waals surface area contributed by atoms with Crippen LogP contribution in [-0.2, 0) is 11.3 Å². The zero-order valence-corrected chi connectivity index (χ0v) is 8.77. The standard InChI is InChI=1S/C10H15N3O2/c1-8-4-12-10(14)13(6-8)7-9-5-11-2-3-15-9/h4,6,9,11H,2-3,5,7H2,1H3. The fourth-order valence-corrected chi connectivity index (χ4v) is 1.65. The van der Waals surface area contributed by atoms with Crippen LogP contribution in [0.2, 0.25) is 0 Å². The zero-order valence-electron chi connectivity index (χ0n) is 8.77. The number of rotatable bonds is 2. The molecule has 1 aliphatic rings. The van der Waals surface area contributed by atoms with Crippen molar-refractivity contribution in [1.82, 2.24) is 14.9 Å². The molecule has 82 valence electrons. The summed E-state index contributed by atoms with van der Waals surface area (Å²) in [5.74, 6) is 0. The van der Waals surface area contributed by atoms with Crippen LogP contribution >= 0.6 is 0 Å². The van der Waals surface area contributed by atoms with Gasteiger partial charge in [-0.25, -0.2) is 9.78 Å². The van der Waals surface area contributed by atoms with E-state index in [1.54, 1.807) is 10.8 Å². The maximum Gasteiger partial charge on any atom is 0.347 e. The van der Waals surface area contributed by atoms with Crippen molar-refractivity contribution >= 4 is 0 Å². The molecule has 5 nitrogen and oxygen atoms in total. The minimum Gasteiger partial charge on any atom is -0.374 e. The molecular formula is C10H15N3O2. The molecule has 0 aromatic carbocycles. The van der Waals surface area contributed by atoms with E-state index in [1.165, 1.54) is 0 Å². The summed E-state index contributed by atoms with van der Waals surface area (Å²) in [6, 6.07) is 0. The van der Waals surface area contributed by atoms with Crippen LogP contribution in [0.1, 0.15) is 5.56 Å². The van der Waals surface area contributed by atoms with Gasteiger partial charge in [-0.15, -0.1) is 0 Å². The van der Waals surface area contributed by atoms with Crippen LogP contribution in [0.25, 0.3) is 0 Å². The second-order valence-electron chi connectivity index (χ2n) is 3.76. The van der Waals surface area contributed by atoms with Gasteiger partial charge in [-0.3, -0.25) is 4.57 Å². The molecule has 1 N–H and O–H groups in total. The van der Waals surface area contributed by atoms with E-state index < -0.39 is 0 Å². The van der Waals surface area contributed by atoms with Crippen LogP contribution < -0.4 is 11.0 Å². The van der Waals surface area contributed by atoms with E-state index in [2.05, 4.69) is 10.3 Å². The smallest absolute Gasteiger partial charge is 0.347 e. The number of morpholine rings is 1. The summed E-state index contributed by atoms with van der Waals surface area (Å²) in [5.41, 5.74) is 0.771. The molecule has 1 unspecified atom stereocenters. The summed E-state index contributed by atoms with van der Waals surface area (Å²) < 4.78 is 7.13. The molecule has 1 saturated heterocycles. The van der Waals surface area contributed by atoms with Gasteiger partial charge >= 0.3 is 5.69 Å². The normalized spacial score (nSPS) is 21.5. The highest BCUT2D eigenvalue weighted by molar-refractivity contribution is 4.99. The summed E-state index contributed by atoms with van der Waals surface area (Å²) in [5, 5.41) is 3.23. The third-order valence-electron chi connectivity index (χ3n) is 2.39. The Bertz CT molecular complexity index is 382. The van der Waals surface area contributed by atoms with Crippen molar-refractivity contribution < 1.29 is 4.74 Å². The topological polar surface area (TPSA) is 56.2 Å². The van der Waals surface area contributed by atoms with Crippen LogP contribution in [0, 0.1) is 6.92 Å². The van der Waals surface area contributed by atoms with E-state index in [9.17, 15) is 4.79 Å². The molecule has 1 atom stereocenters. The van der Waals surface area contributed by atoms with E-state index >= 15 is 0 Å². The highest BCUT2D eigenvalue weighted by atomic mass is 16.5. The Morgan fingerprint density at radius 1 is 1.73 bits per heavy atom. The van der Waals surface area contributed by atoms with Crippen molar-refractivity contribution in [3.8, 4) is 0 Å². The fourth-order valence-electron chi connectivity index (χ4n) is 1.65. The molecule has 5 heteroatoms. The molecule has 1 fully saturated rings. The molecule has 0 aliphatic carbocycles. The second kappa shape index (κ2) is 4.55. The van der Waals surface area contributed by atoms with Gasteiger partial charge in [0.2, 0.25) is 0 Å². The van der Waals surface area contributed by atoms with Gasteiger partial charge in [0.25, 0.3) is 0 Å². The van der Waals surface area contributed by atoms with E-state index in [0.717, 1.165) is 18.7 Å². The predicted octanol–water partition coefficient (Wildman–Crippen LogP) is -0.460. The summed E-state index contributed by atoms with van der Waals surface area (Å²) >= 11 is 0. The molecule has 0 saturated carbocycles. The largest absolute Gasteiger partial charge is 0.374 e. The van der Waals surface area contributed by atoms with E-state index in [1.807, 2.05) is 13.1 Å². The van der Waals surface area contributed by atoms with Gasteiger partial charge in [0, 0.05) is 25.5 Å². The number of aromatic nitrogens is 2. The fraction of sp³-hybridized carbons (Fsp3) is 0.600. The number of nitrogens with zero attached hydrogens (tertiary/aromatic N) is 2. The van der Waals surface area contributed by atoms with Crippen molar-refractivity contribution in [2.75, 3.05) is 19.7 Å². The summed E-state index contributed by atoms with van der Waals surface area (Å²) in [4.78, 5) is 15.2. The molecule has 0 bridgehead atoms. The molecule has 1 aliphatic heterocycles. The number of hydrogen-bond donors (Lipinski definition) is 1. The van der Waals surface area contributed by atoms with Gasteiger partial charge in [-0.1, -0.05) is 0 Å². The highest BCUT2D eigenvalue weighted by Gasteiger charge is 2.14. The molecule has 2 rings (SSSR count). The summed E-state index contributed by atoms with van der Waals surface area (Å²) in [7, 11) is 0. The lowest BCUT2D eigenvalue weighted by atomic mass is 10.3. The molecule has 15 heavy (non-hydrogen) atoms. The third-order valence-corrected chi connectivity index (χ3v) is 2.39. The first kappa shape index (κ1) is 10.3. The number of ether oxygens (including phenoxy) is 1. The number of hydrogen-bond acceptors (Lipinski definition) is 4. The molecular weight excluding hydrogens is 194 g/mol. The van der Waals surface area contributed by atoms with Crippen LogP contribution in [0.15, 0.2) is 17.2 Å². The summed E-state index contributed by atoms with van der Waals surface area (Å²) in [6.07, 6.45) is 3.46. The maximum absolute atomic E-state index is 11.4. The molecule has 0 spiro atoms. The quantitative estimate of drug-likeness (QED) is 0.716. The van der Waals surface area contributed by atoms with Crippen molar-refractivity contribution in [3.63, 3.8) is 0 Å². The first-order chi connectivity index (χ1) is 7.25. The summed E-state index contributed by atoms with van der Waals surface area (Å²) in [6.45, 7) is 4.87. The van der Waals surface area contributed by atoms with Crippen LogP contribution in [0.4, 0.5) is 0 Å². The van der Waals surface area contributed by atoms with Gasteiger partial charge in [0.1, 0.15) is 0 Å². The Kier molecular flexibility index (Phi) is 3.13. The Hall–Kier alpha value is -1.20. The third kappa shape index (κ3) is 2.64. The molecule has 0 amide bonds. The SMILES string of the molecule is Cc1cnc(=O)n(CC2CNCCO2)c1. The zero-order chi connectivity index (χ0) is 10.7. The Morgan fingerprint density at radius 3 is 3.33 bits per heavy atom. The molecule has 0 radical (unpaired) electrons. The Labute approximate surface area is 88.1 Å². The van der Waals surface area contributed by atoms with Crippen molar-refractivity contribution in [1.29, 1.82) is 0 Å². The molecule has 2 heterocycles. The van der Waals surface area contributed by atoms with E-state index in [0.29, 0.717) is 13.2 Å². The van der Waals surface area contributed by atoms with E-state index in [-0.39, 0.29) is 11.8 Å². The van der Waals surface area contributed by atoms with Crippen molar-refractivity contribution in [2.24, 2.45) is 0 Å². The predicted molar refractivity (Wildman–Crippen MR) is 55.8 cm³/mol. The van der Waals surface area contributed by atoms with Crippen molar-refractivity contribution in [2.45, 2.75) is 19.6 Å². The minimum absolute atomic E-state index is 0.0695. The lowest BCUT2D eigenvalue weighted by molar-refractivity contribution is 0.0174.